The summed E-state index contributed by atoms with van der Waals surface area (Å²) in [7, 11) is 0. The second kappa shape index (κ2) is 3.34. The molecular formula is C14H16O. The Morgan fingerprint density at radius 1 is 1.40 bits per heavy atom. The first-order chi connectivity index (χ1) is 7.09. The van der Waals surface area contributed by atoms with E-state index < -0.39 is 0 Å². The van der Waals surface area contributed by atoms with Crippen LogP contribution in [0.25, 0.3) is 0 Å². The van der Waals surface area contributed by atoms with Gasteiger partial charge < -0.3 is 0 Å². The SMILES string of the molecule is C=CCC1C(=O)c2ccccc2C1(C)C. The van der Waals surface area contributed by atoms with Crippen molar-refractivity contribution < 1.29 is 4.79 Å². The maximum Gasteiger partial charge on any atom is 0.167 e. The molecule has 0 aromatic heterocycles. The summed E-state index contributed by atoms with van der Waals surface area (Å²) in [5.41, 5.74) is 2.03. The number of rotatable bonds is 2. The van der Waals surface area contributed by atoms with E-state index in [9.17, 15) is 4.79 Å². The fraction of sp³-hybridized carbons (Fsp3) is 0.357. The van der Waals surface area contributed by atoms with Gasteiger partial charge in [-0.15, -0.1) is 6.58 Å². The fourth-order valence-corrected chi connectivity index (χ4v) is 2.53. The number of allylic oxidation sites excluding steroid dienone is 1. The molecule has 0 fully saturated rings. The number of fused-ring (bicyclic) bond motifs is 1. The molecule has 1 aliphatic carbocycles. The van der Waals surface area contributed by atoms with Crippen LogP contribution >= 0.6 is 0 Å². The van der Waals surface area contributed by atoms with Gasteiger partial charge in [-0.25, -0.2) is 0 Å². The standard InChI is InChI=1S/C14H16O/c1-4-7-12-13(15)10-8-5-6-9-11(10)14(12,2)3/h4-6,8-9,12H,1,7H2,2-3H3. The molecule has 0 bridgehead atoms. The molecule has 1 nitrogen and oxygen atoms in total. The highest BCUT2D eigenvalue weighted by atomic mass is 16.1. The van der Waals surface area contributed by atoms with Crippen LogP contribution in [0.1, 0.15) is 36.2 Å². The molecule has 0 radical (unpaired) electrons. The van der Waals surface area contributed by atoms with Gasteiger partial charge in [0.15, 0.2) is 5.78 Å². The molecule has 1 aliphatic rings. The Balaban J connectivity index is 2.54. The zero-order valence-corrected chi connectivity index (χ0v) is 9.29. The Hall–Kier alpha value is -1.37. The largest absolute Gasteiger partial charge is 0.294 e. The van der Waals surface area contributed by atoms with Crippen LogP contribution in [0.3, 0.4) is 0 Å². The minimum Gasteiger partial charge on any atom is -0.294 e. The molecule has 1 aromatic carbocycles. The summed E-state index contributed by atoms with van der Waals surface area (Å²) in [4.78, 5) is 12.2. The van der Waals surface area contributed by atoms with Crippen LogP contribution in [0, 0.1) is 5.92 Å². The van der Waals surface area contributed by atoms with Crippen molar-refractivity contribution in [3.8, 4) is 0 Å². The van der Waals surface area contributed by atoms with Gasteiger partial charge in [0.2, 0.25) is 0 Å². The zero-order valence-electron chi connectivity index (χ0n) is 9.29. The lowest BCUT2D eigenvalue weighted by molar-refractivity contribution is 0.0900. The highest BCUT2D eigenvalue weighted by molar-refractivity contribution is 6.04. The van der Waals surface area contributed by atoms with Crippen molar-refractivity contribution in [1.29, 1.82) is 0 Å². The van der Waals surface area contributed by atoms with E-state index in [4.69, 9.17) is 0 Å². The number of carbonyl (C=O) groups is 1. The van der Waals surface area contributed by atoms with Crippen molar-refractivity contribution in [2.45, 2.75) is 25.7 Å². The molecule has 1 heteroatoms. The second-order valence-electron chi connectivity index (χ2n) is 4.71. The summed E-state index contributed by atoms with van der Waals surface area (Å²) in [6.45, 7) is 8.02. The van der Waals surface area contributed by atoms with Crippen molar-refractivity contribution in [3.63, 3.8) is 0 Å². The first-order valence-electron chi connectivity index (χ1n) is 5.33. The van der Waals surface area contributed by atoms with Gasteiger partial charge >= 0.3 is 0 Å². The third-order valence-electron chi connectivity index (χ3n) is 3.48. The predicted octanol–water partition coefficient (Wildman–Crippen LogP) is 3.35. The van der Waals surface area contributed by atoms with Crippen LogP contribution in [-0.4, -0.2) is 5.78 Å². The summed E-state index contributed by atoms with van der Waals surface area (Å²) in [6, 6.07) is 7.94. The Labute approximate surface area is 90.8 Å². The molecular weight excluding hydrogens is 184 g/mol. The van der Waals surface area contributed by atoms with Gasteiger partial charge in [0, 0.05) is 16.9 Å². The van der Waals surface area contributed by atoms with Gasteiger partial charge in [-0.2, -0.15) is 0 Å². The summed E-state index contributed by atoms with van der Waals surface area (Å²) in [6.07, 6.45) is 2.61. The van der Waals surface area contributed by atoms with E-state index in [1.165, 1.54) is 5.56 Å². The quantitative estimate of drug-likeness (QED) is 0.669. The molecule has 1 unspecified atom stereocenters. The van der Waals surface area contributed by atoms with E-state index in [0.717, 1.165) is 12.0 Å². The van der Waals surface area contributed by atoms with Gasteiger partial charge in [-0.05, 0) is 12.0 Å². The second-order valence-corrected chi connectivity index (χ2v) is 4.71. The van der Waals surface area contributed by atoms with E-state index in [1.54, 1.807) is 0 Å². The van der Waals surface area contributed by atoms with E-state index in [2.05, 4.69) is 26.5 Å². The summed E-state index contributed by atoms with van der Waals surface area (Å²) in [5.74, 6) is 0.336. The van der Waals surface area contributed by atoms with Crippen LogP contribution in [0.4, 0.5) is 0 Å². The average molecular weight is 200 g/mol. The summed E-state index contributed by atoms with van der Waals surface area (Å²) in [5, 5.41) is 0. The summed E-state index contributed by atoms with van der Waals surface area (Å²) < 4.78 is 0. The number of hydrogen-bond donors (Lipinski definition) is 0. The van der Waals surface area contributed by atoms with Crippen molar-refractivity contribution in [2.24, 2.45) is 5.92 Å². The Kier molecular flexibility index (Phi) is 2.26. The molecule has 1 atom stereocenters. The van der Waals surface area contributed by atoms with E-state index in [-0.39, 0.29) is 17.1 Å². The normalized spacial score (nSPS) is 22.5. The van der Waals surface area contributed by atoms with Crippen molar-refractivity contribution in [3.05, 3.63) is 48.0 Å². The first kappa shape index (κ1) is 10.2. The van der Waals surface area contributed by atoms with Crippen LogP contribution in [0.5, 0.6) is 0 Å². The molecule has 78 valence electrons. The van der Waals surface area contributed by atoms with Gasteiger partial charge in [0.1, 0.15) is 0 Å². The molecule has 0 N–H and O–H groups in total. The van der Waals surface area contributed by atoms with Crippen molar-refractivity contribution >= 4 is 5.78 Å². The number of Topliss-reactive ketones (excluding diaryl/α,β-unsaturated/α-hetero) is 1. The lowest BCUT2D eigenvalue weighted by Crippen LogP contribution is -2.26. The van der Waals surface area contributed by atoms with E-state index in [0.29, 0.717) is 0 Å². The minimum atomic E-state index is -0.0537. The van der Waals surface area contributed by atoms with Crippen LogP contribution < -0.4 is 0 Å². The number of ketones is 1. The molecule has 0 aliphatic heterocycles. The maximum absolute atomic E-state index is 12.2. The molecule has 2 rings (SSSR count). The molecule has 0 spiro atoms. The molecule has 0 saturated heterocycles. The third-order valence-corrected chi connectivity index (χ3v) is 3.48. The number of carbonyl (C=O) groups excluding carboxylic acids is 1. The first-order valence-corrected chi connectivity index (χ1v) is 5.33. The van der Waals surface area contributed by atoms with E-state index >= 15 is 0 Å². The predicted molar refractivity (Wildman–Crippen MR) is 62.1 cm³/mol. The monoisotopic (exact) mass is 200 g/mol. The molecule has 15 heavy (non-hydrogen) atoms. The Morgan fingerprint density at radius 2 is 2.07 bits per heavy atom. The number of hydrogen-bond acceptors (Lipinski definition) is 1. The van der Waals surface area contributed by atoms with Gasteiger partial charge in [0.05, 0.1) is 0 Å². The van der Waals surface area contributed by atoms with E-state index in [1.807, 2.05) is 24.3 Å². The summed E-state index contributed by atoms with van der Waals surface area (Å²) >= 11 is 0. The molecule has 1 aromatic rings. The maximum atomic E-state index is 12.2. The van der Waals surface area contributed by atoms with Gasteiger partial charge in [0.25, 0.3) is 0 Å². The Bertz CT molecular complexity index is 415. The smallest absolute Gasteiger partial charge is 0.167 e. The Morgan fingerprint density at radius 3 is 2.67 bits per heavy atom. The lowest BCUT2D eigenvalue weighted by Gasteiger charge is -2.25. The fourth-order valence-electron chi connectivity index (χ4n) is 2.53. The zero-order chi connectivity index (χ0) is 11.1. The van der Waals surface area contributed by atoms with Crippen LogP contribution in [-0.2, 0) is 5.41 Å². The van der Waals surface area contributed by atoms with Crippen LogP contribution in [0.15, 0.2) is 36.9 Å². The van der Waals surface area contributed by atoms with Gasteiger partial charge in [-0.1, -0.05) is 44.2 Å². The lowest BCUT2D eigenvalue weighted by atomic mass is 9.77. The van der Waals surface area contributed by atoms with Gasteiger partial charge in [-0.3, -0.25) is 4.79 Å². The van der Waals surface area contributed by atoms with Crippen LogP contribution in [0.2, 0.25) is 0 Å². The molecule has 0 amide bonds. The van der Waals surface area contributed by atoms with Crippen molar-refractivity contribution in [2.75, 3.05) is 0 Å². The highest BCUT2D eigenvalue weighted by Gasteiger charge is 2.44. The molecule has 0 saturated carbocycles. The highest BCUT2D eigenvalue weighted by Crippen LogP contribution is 2.44. The number of benzene rings is 1. The third kappa shape index (κ3) is 1.34. The minimum absolute atomic E-state index is 0.0537. The average Bonchev–Trinajstić information content (AvgIpc) is 2.41. The van der Waals surface area contributed by atoms with Crippen molar-refractivity contribution in [1.82, 2.24) is 0 Å². The topological polar surface area (TPSA) is 17.1 Å². The molecule has 0 heterocycles.